The molecule has 0 aromatic heterocycles. The third kappa shape index (κ3) is 23.4. The van der Waals surface area contributed by atoms with Crippen LogP contribution in [0, 0.1) is 19.3 Å². The highest BCUT2D eigenvalue weighted by molar-refractivity contribution is 5.56. The maximum atomic E-state index is 8.59. The normalized spacial score (nSPS) is 10.4. The lowest BCUT2D eigenvalue weighted by atomic mass is 9.92. The molecule has 0 bridgehead atoms. The lowest BCUT2D eigenvalue weighted by molar-refractivity contribution is 0.155. The summed E-state index contributed by atoms with van der Waals surface area (Å²) in [6, 6.07) is 6.39. The van der Waals surface area contributed by atoms with E-state index in [0.717, 1.165) is 24.9 Å². The fourth-order valence-corrected chi connectivity index (χ4v) is 1.94. The van der Waals surface area contributed by atoms with Crippen LogP contribution in [-0.2, 0) is 0 Å². The van der Waals surface area contributed by atoms with Crippen molar-refractivity contribution in [3.8, 4) is 0 Å². The molecule has 0 aliphatic heterocycles. The van der Waals surface area contributed by atoms with Gasteiger partial charge in [0.05, 0.1) is 0 Å². The quantitative estimate of drug-likeness (QED) is 0.274. The smallest absolute Gasteiger partial charge is 0.0482 e. The molecule has 0 saturated carbocycles. The second-order valence-electron chi connectivity index (χ2n) is 8.21. The van der Waals surface area contributed by atoms with Crippen LogP contribution >= 0.6 is 0 Å². The Kier molecular flexibility index (Phi) is 34.6. The van der Waals surface area contributed by atoms with Gasteiger partial charge in [0.1, 0.15) is 0 Å². The predicted octanol–water partition coefficient (Wildman–Crippen LogP) is 9.80. The number of aliphatic hydroxyl groups excluding tert-OH is 2. The van der Waals surface area contributed by atoms with Gasteiger partial charge in [-0.1, -0.05) is 78.8 Å². The van der Waals surface area contributed by atoms with E-state index in [9.17, 15) is 0 Å². The maximum absolute atomic E-state index is 8.59. The van der Waals surface area contributed by atoms with Gasteiger partial charge in [-0.15, -0.1) is 6.58 Å². The van der Waals surface area contributed by atoms with Crippen molar-refractivity contribution in [2.75, 3.05) is 19.0 Å². The summed E-state index contributed by atoms with van der Waals surface area (Å²) in [6.45, 7) is 36.6. The first-order valence-corrected chi connectivity index (χ1v) is 12.9. The number of rotatable bonds is 6. The number of anilines is 1. The fourth-order valence-electron chi connectivity index (χ4n) is 1.94. The number of hydrogen-bond acceptors (Lipinski definition) is 3. The molecule has 0 unspecified atom stereocenters. The summed E-state index contributed by atoms with van der Waals surface area (Å²) >= 11 is 0. The van der Waals surface area contributed by atoms with E-state index in [4.69, 9.17) is 10.2 Å². The zero-order valence-corrected chi connectivity index (χ0v) is 26.1. The molecular formula is C32H61NO2. The monoisotopic (exact) mass is 491 g/mol. The van der Waals surface area contributed by atoms with E-state index in [2.05, 4.69) is 91.2 Å². The minimum atomic E-state index is 0.139. The van der Waals surface area contributed by atoms with Gasteiger partial charge in [0.25, 0.3) is 0 Å². The molecule has 3 nitrogen and oxygen atoms in total. The second-order valence-corrected chi connectivity index (χ2v) is 8.21. The van der Waals surface area contributed by atoms with E-state index in [-0.39, 0.29) is 5.41 Å². The lowest BCUT2D eigenvalue weighted by Gasteiger charge is -2.17. The fraction of sp³-hybridized carbons (Fsp3) is 0.562. The Hall–Kier alpha value is -2.10. The molecule has 206 valence electrons. The molecule has 3 N–H and O–H groups in total. The van der Waals surface area contributed by atoms with Crippen LogP contribution in [-0.4, -0.2) is 23.9 Å². The van der Waals surface area contributed by atoms with Gasteiger partial charge in [0, 0.05) is 25.1 Å². The van der Waals surface area contributed by atoms with Crippen LogP contribution in [0.5, 0.6) is 0 Å². The molecule has 1 aromatic carbocycles. The molecule has 1 aromatic rings. The van der Waals surface area contributed by atoms with Gasteiger partial charge in [-0.2, -0.15) is 0 Å². The van der Waals surface area contributed by atoms with Crippen molar-refractivity contribution >= 4 is 5.69 Å². The summed E-state index contributed by atoms with van der Waals surface area (Å²) in [5.74, 6) is 0. The summed E-state index contributed by atoms with van der Waals surface area (Å²) < 4.78 is 0. The molecule has 0 spiro atoms. The third-order valence-corrected chi connectivity index (χ3v) is 5.23. The summed E-state index contributed by atoms with van der Waals surface area (Å²) in [7, 11) is 1.00. The number of allylic oxidation sites excluding steroid dienone is 5. The SMILES string of the molecule is C=C(Nc1ccc(C)c(C)c1)/C(C)=C(C)/C(C)=C\C.C=CC.CC.CC.CCC(C)(C)CO.CO. The van der Waals surface area contributed by atoms with Crippen LogP contribution in [0.15, 0.2) is 65.9 Å². The molecule has 0 aliphatic rings. The van der Waals surface area contributed by atoms with Crippen molar-refractivity contribution in [1.29, 1.82) is 0 Å². The van der Waals surface area contributed by atoms with Crippen LogP contribution < -0.4 is 5.32 Å². The summed E-state index contributed by atoms with van der Waals surface area (Å²) in [4.78, 5) is 0. The van der Waals surface area contributed by atoms with Crippen molar-refractivity contribution in [3.05, 3.63) is 77.1 Å². The van der Waals surface area contributed by atoms with Gasteiger partial charge in [-0.05, 0) is 94.7 Å². The number of nitrogens with one attached hydrogen (secondary N) is 1. The van der Waals surface area contributed by atoms with Crippen LogP contribution in [0.2, 0.25) is 0 Å². The second kappa shape index (κ2) is 28.1. The first-order valence-electron chi connectivity index (χ1n) is 12.9. The van der Waals surface area contributed by atoms with Gasteiger partial charge in [0.15, 0.2) is 0 Å². The summed E-state index contributed by atoms with van der Waals surface area (Å²) in [5.41, 5.74) is 8.57. The molecule has 0 atom stereocenters. The van der Waals surface area contributed by atoms with E-state index >= 15 is 0 Å². The van der Waals surface area contributed by atoms with E-state index < -0.39 is 0 Å². The van der Waals surface area contributed by atoms with Crippen molar-refractivity contribution < 1.29 is 10.2 Å². The van der Waals surface area contributed by atoms with E-state index in [1.165, 1.54) is 27.8 Å². The minimum Gasteiger partial charge on any atom is -0.400 e. The Bertz CT molecular complexity index is 704. The first kappa shape index (κ1) is 43.0. The Morgan fingerprint density at radius 1 is 0.943 bits per heavy atom. The summed E-state index contributed by atoms with van der Waals surface area (Å²) in [6.07, 6.45) is 4.92. The number of aliphatic hydroxyl groups is 2. The Balaban J connectivity index is -0.000000156. The Morgan fingerprint density at radius 3 is 1.66 bits per heavy atom. The molecule has 0 amide bonds. The average molecular weight is 492 g/mol. The Morgan fingerprint density at radius 2 is 1.37 bits per heavy atom. The molecule has 0 aliphatic carbocycles. The van der Waals surface area contributed by atoms with Gasteiger partial charge in [-0.3, -0.25) is 0 Å². The largest absolute Gasteiger partial charge is 0.400 e. The molecule has 0 radical (unpaired) electrons. The predicted molar refractivity (Wildman–Crippen MR) is 164 cm³/mol. The molecule has 0 fully saturated rings. The molecule has 3 heteroatoms. The van der Waals surface area contributed by atoms with Gasteiger partial charge in [-0.25, -0.2) is 0 Å². The highest BCUT2D eigenvalue weighted by Crippen LogP contribution is 2.22. The first-order chi connectivity index (χ1) is 16.4. The van der Waals surface area contributed by atoms with Crippen molar-refractivity contribution in [2.24, 2.45) is 5.41 Å². The molecule has 0 saturated heterocycles. The van der Waals surface area contributed by atoms with Crippen molar-refractivity contribution in [2.45, 2.75) is 103 Å². The van der Waals surface area contributed by atoms with Crippen LogP contribution in [0.25, 0.3) is 0 Å². The number of hydrogen-bond donors (Lipinski definition) is 3. The van der Waals surface area contributed by atoms with Crippen molar-refractivity contribution in [3.63, 3.8) is 0 Å². The highest BCUT2D eigenvalue weighted by Gasteiger charge is 2.11. The topological polar surface area (TPSA) is 52.5 Å². The number of benzene rings is 1. The summed E-state index contributed by atoms with van der Waals surface area (Å²) in [5, 5.41) is 19.0. The van der Waals surface area contributed by atoms with Crippen LogP contribution in [0.4, 0.5) is 5.69 Å². The van der Waals surface area contributed by atoms with Gasteiger partial charge < -0.3 is 15.5 Å². The van der Waals surface area contributed by atoms with Crippen LogP contribution in [0.3, 0.4) is 0 Å². The molecule has 0 heterocycles. The van der Waals surface area contributed by atoms with Gasteiger partial charge in [0.2, 0.25) is 0 Å². The number of aryl methyl sites for hydroxylation is 2. The third-order valence-electron chi connectivity index (χ3n) is 5.23. The molecular weight excluding hydrogens is 430 g/mol. The van der Waals surface area contributed by atoms with Crippen LogP contribution in [0.1, 0.15) is 101 Å². The maximum Gasteiger partial charge on any atom is 0.0482 e. The van der Waals surface area contributed by atoms with E-state index in [1.54, 1.807) is 6.08 Å². The zero-order valence-electron chi connectivity index (χ0n) is 26.1. The standard InChI is InChI=1S/C18H25N.C6H14O.C3H6.2C2H6.CH4O/c1-8-12(2)15(5)16(6)17(7)19-18-10-9-13(3)14(4)11-18;1-4-6(2,3)5-7;1-3-2;3*1-2/h8-11,19H,7H2,1-6H3;7H,4-5H2,1-3H3;3H,1H2,2H3;2*1-2H3;2H,1H3/b12-8-,16-15+;;;;;. The zero-order chi connectivity index (χ0) is 29.2. The Labute approximate surface area is 220 Å². The molecule has 35 heavy (non-hydrogen) atoms. The average Bonchev–Trinajstić information content (AvgIpc) is 2.89. The van der Waals surface area contributed by atoms with Crippen molar-refractivity contribution in [1.82, 2.24) is 0 Å². The van der Waals surface area contributed by atoms with E-state index in [1.807, 2.05) is 48.5 Å². The molecule has 1 rings (SSSR count). The van der Waals surface area contributed by atoms with E-state index in [0.29, 0.717) is 6.61 Å². The lowest BCUT2D eigenvalue weighted by Crippen LogP contribution is -2.14. The van der Waals surface area contributed by atoms with Gasteiger partial charge >= 0.3 is 0 Å². The highest BCUT2D eigenvalue weighted by atomic mass is 16.3. The minimum absolute atomic E-state index is 0.139.